The number of nitrogens with one attached hydrogen (secondary N) is 1. The lowest BCUT2D eigenvalue weighted by atomic mass is 10.2. The maximum absolute atomic E-state index is 12.3. The number of hydrogen-bond acceptors (Lipinski definition) is 5. The molecule has 1 aromatic carbocycles. The number of pyridine rings is 1. The SMILES string of the molecule is Cc1cccc(NC(=O)c2cnc(N(C)CCc3ccncc3)nc2)c1. The molecule has 3 aromatic rings. The summed E-state index contributed by atoms with van der Waals surface area (Å²) < 4.78 is 0. The van der Waals surface area contributed by atoms with E-state index in [1.54, 1.807) is 24.8 Å². The highest BCUT2D eigenvalue weighted by molar-refractivity contribution is 6.03. The van der Waals surface area contributed by atoms with Crippen LogP contribution in [0, 0.1) is 6.92 Å². The van der Waals surface area contributed by atoms with Gasteiger partial charge in [0.15, 0.2) is 0 Å². The summed E-state index contributed by atoms with van der Waals surface area (Å²) in [6.45, 7) is 2.76. The van der Waals surface area contributed by atoms with Gasteiger partial charge in [-0.15, -0.1) is 0 Å². The summed E-state index contributed by atoms with van der Waals surface area (Å²) in [5.41, 5.74) is 3.48. The third-order valence-corrected chi connectivity index (χ3v) is 4.00. The van der Waals surface area contributed by atoms with Gasteiger partial charge >= 0.3 is 0 Å². The first-order valence-electron chi connectivity index (χ1n) is 8.42. The van der Waals surface area contributed by atoms with E-state index in [9.17, 15) is 4.79 Å². The Morgan fingerprint density at radius 2 is 1.85 bits per heavy atom. The van der Waals surface area contributed by atoms with Gasteiger partial charge in [-0.2, -0.15) is 0 Å². The molecule has 2 aromatic heterocycles. The third kappa shape index (κ3) is 4.63. The van der Waals surface area contributed by atoms with Crippen LogP contribution in [0.2, 0.25) is 0 Å². The smallest absolute Gasteiger partial charge is 0.258 e. The van der Waals surface area contributed by atoms with Gasteiger partial charge < -0.3 is 10.2 Å². The normalized spacial score (nSPS) is 10.4. The number of nitrogens with zero attached hydrogens (tertiary/aromatic N) is 4. The molecule has 0 unspecified atom stereocenters. The molecule has 0 spiro atoms. The topological polar surface area (TPSA) is 71.0 Å². The molecule has 0 radical (unpaired) electrons. The molecule has 1 amide bonds. The largest absolute Gasteiger partial charge is 0.344 e. The molecule has 0 atom stereocenters. The second-order valence-electron chi connectivity index (χ2n) is 6.12. The second kappa shape index (κ2) is 8.20. The molecular formula is C20H21N5O. The Kier molecular flexibility index (Phi) is 5.53. The van der Waals surface area contributed by atoms with E-state index in [4.69, 9.17) is 0 Å². The van der Waals surface area contributed by atoms with Crippen molar-refractivity contribution in [3.05, 3.63) is 77.9 Å². The lowest BCUT2D eigenvalue weighted by Crippen LogP contribution is -2.23. The molecule has 132 valence electrons. The summed E-state index contributed by atoms with van der Waals surface area (Å²) in [5.74, 6) is 0.368. The zero-order valence-electron chi connectivity index (χ0n) is 14.9. The maximum atomic E-state index is 12.3. The monoisotopic (exact) mass is 347 g/mol. The maximum Gasteiger partial charge on any atom is 0.258 e. The number of anilines is 2. The van der Waals surface area contributed by atoms with Crippen molar-refractivity contribution in [2.75, 3.05) is 23.8 Å². The predicted molar refractivity (Wildman–Crippen MR) is 102 cm³/mol. The van der Waals surface area contributed by atoms with E-state index in [1.165, 1.54) is 5.56 Å². The molecule has 2 heterocycles. The lowest BCUT2D eigenvalue weighted by Gasteiger charge is -2.16. The number of likely N-dealkylation sites (N-methyl/N-ethyl adjacent to an activating group) is 1. The highest BCUT2D eigenvalue weighted by Crippen LogP contribution is 2.12. The van der Waals surface area contributed by atoms with Crippen molar-refractivity contribution in [3.63, 3.8) is 0 Å². The van der Waals surface area contributed by atoms with E-state index in [0.29, 0.717) is 11.5 Å². The minimum Gasteiger partial charge on any atom is -0.344 e. The van der Waals surface area contributed by atoms with Gasteiger partial charge in [-0.05, 0) is 48.7 Å². The summed E-state index contributed by atoms with van der Waals surface area (Å²) in [7, 11) is 1.93. The first kappa shape index (κ1) is 17.5. The van der Waals surface area contributed by atoms with Gasteiger partial charge in [-0.3, -0.25) is 9.78 Å². The molecule has 0 bridgehead atoms. The van der Waals surface area contributed by atoms with Crippen LogP contribution in [-0.4, -0.2) is 34.5 Å². The zero-order valence-corrected chi connectivity index (χ0v) is 14.9. The Bertz CT molecular complexity index is 865. The van der Waals surface area contributed by atoms with Gasteiger partial charge in [0.05, 0.1) is 5.56 Å². The van der Waals surface area contributed by atoms with E-state index in [2.05, 4.69) is 20.3 Å². The number of aryl methyl sites for hydroxylation is 1. The van der Waals surface area contributed by atoms with Crippen molar-refractivity contribution in [1.82, 2.24) is 15.0 Å². The summed E-state index contributed by atoms with van der Waals surface area (Å²) in [4.78, 5) is 26.9. The van der Waals surface area contributed by atoms with Gasteiger partial charge in [0, 0.05) is 44.1 Å². The Hall–Kier alpha value is -3.28. The van der Waals surface area contributed by atoms with Gasteiger partial charge in [-0.25, -0.2) is 9.97 Å². The molecule has 0 aliphatic carbocycles. The number of benzene rings is 1. The second-order valence-corrected chi connectivity index (χ2v) is 6.12. The fourth-order valence-corrected chi connectivity index (χ4v) is 2.51. The predicted octanol–water partition coefficient (Wildman–Crippen LogP) is 3.11. The molecule has 3 rings (SSSR count). The van der Waals surface area contributed by atoms with Crippen LogP contribution in [0.4, 0.5) is 11.6 Å². The van der Waals surface area contributed by atoms with Crippen LogP contribution in [0.3, 0.4) is 0 Å². The van der Waals surface area contributed by atoms with E-state index in [-0.39, 0.29) is 5.91 Å². The van der Waals surface area contributed by atoms with Crippen LogP contribution in [0.5, 0.6) is 0 Å². The molecule has 6 nitrogen and oxygen atoms in total. The summed E-state index contributed by atoms with van der Waals surface area (Å²) in [6, 6.07) is 11.6. The van der Waals surface area contributed by atoms with Gasteiger partial charge in [0.1, 0.15) is 0 Å². The van der Waals surface area contributed by atoms with Crippen LogP contribution < -0.4 is 10.2 Å². The highest BCUT2D eigenvalue weighted by Gasteiger charge is 2.10. The molecule has 0 fully saturated rings. The molecule has 0 saturated carbocycles. The Balaban J connectivity index is 1.59. The summed E-state index contributed by atoms with van der Waals surface area (Å²) >= 11 is 0. The lowest BCUT2D eigenvalue weighted by molar-refractivity contribution is 0.102. The van der Waals surface area contributed by atoms with Crippen LogP contribution in [0.25, 0.3) is 0 Å². The molecule has 0 aliphatic rings. The molecule has 0 aliphatic heterocycles. The van der Waals surface area contributed by atoms with Crippen LogP contribution in [0.1, 0.15) is 21.5 Å². The van der Waals surface area contributed by atoms with Crippen molar-refractivity contribution in [2.24, 2.45) is 0 Å². The Morgan fingerprint density at radius 3 is 2.54 bits per heavy atom. The molecule has 1 N–H and O–H groups in total. The number of amides is 1. The van der Waals surface area contributed by atoms with Crippen molar-refractivity contribution in [2.45, 2.75) is 13.3 Å². The first-order chi connectivity index (χ1) is 12.6. The summed E-state index contributed by atoms with van der Waals surface area (Å²) in [5, 5.41) is 2.86. The van der Waals surface area contributed by atoms with Gasteiger partial charge in [-0.1, -0.05) is 12.1 Å². The number of hydrogen-bond donors (Lipinski definition) is 1. The van der Waals surface area contributed by atoms with Gasteiger partial charge in [0.25, 0.3) is 5.91 Å². The highest BCUT2D eigenvalue weighted by atomic mass is 16.1. The van der Waals surface area contributed by atoms with Gasteiger partial charge in [0.2, 0.25) is 5.95 Å². The van der Waals surface area contributed by atoms with Crippen molar-refractivity contribution in [3.8, 4) is 0 Å². The van der Waals surface area contributed by atoms with Crippen molar-refractivity contribution >= 4 is 17.5 Å². The van der Waals surface area contributed by atoms with Crippen LogP contribution in [-0.2, 0) is 6.42 Å². The van der Waals surface area contributed by atoms with E-state index in [0.717, 1.165) is 24.2 Å². The number of aromatic nitrogens is 3. The Morgan fingerprint density at radius 1 is 1.12 bits per heavy atom. The quantitative estimate of drug-likeness (QED) is 0.742. The van der Waals surface area contributed by atoms with Crippen molar-refractivity contribution < 1.29 is 4.79 Å². The standard InChI is InChI=1S/C20H21N5O/c1-15-4-3-5-18(12-15)24-19(26)17-13-22-20(23-14-17)25(2)11-8-16-6-9-21-10-7-16/h3-7,9-10,12-14H,8,11H2,1-2H3,(H,24,26). The van der Waals surface area contributed by atoms with E-state index in [1.807, 2.05) is 55.3 Å². The first-order valence-corrected chi connectivity index (χ1v) is 8.42. The van der Waals surface area contributed by atoms with E-state index < -0.39 is 0 Å². The molecular weight excluding hydrogens is 326 g/mol. The van der Waals surface area contributed by atoms with E-state index >= 15 is 0 Å². The third-order valence-electron chi connectivity index (χ3n) is 4.00. The average molecular weight is 347 g/mol. The fraction of sp³-hybridized carbons (Fsp3) is 0.200. The Labute approximate surface area is 153 Å². The van der Waals surface area contributed by atoms with Crippen molar-refractivity contribution in [1.29, 1.82) is 0 Å². The minimum absolute atomic E-state index is 0.221. The summed E-state index contributed by atoms with van der Waals surface area (Å²) in [6.07, 6.45) is 7.55. The number of rotatable bonds is 6. The average Bonchev–Trinajstić information content (AvgIpc) is 2.67. The van der Waals surface area contributed by atoms with Crippen LogP contribution in [0.15, 0.2) is 61.2 Å². The van der Waals surface area contributed by atoms with Crippen LogP contribution >= 0.6 is 0 Å². The number of carbonyl (C=O) groups excluding carboxylic acids is 1. The minimum atomic E-state index is -0.221. The molecule has 26 heavy (non-hydrogen) atoms. The molecule has 0 saturated heterocycles. The zero-order chi connectivity index (χ0) is 18.4. The molecule has 6 heteroatoms. The fourth-order valence-electron chi connectivity index (χ4n) is 2.51. The number of carbonyl (C=O) groups is 1.